The first-order valence-corrected chi connectivity index (χ1v) is 21.3. The highest BCUT2D eigenvalue weighted by molar-refractivity contribution is 7.21. The molecular weight excluding hydrogens is 711 g/mol. The first kappa shape index (κ1) is 33.0. The Bertz CT molecular complexity index is 2980. The second-order valence-electron chi connectivity index (χ2n) is 14.6. The number of nitrogens with zero attached hydrogens (tertiary/aromatic N) is 3. The van der Waals surface area contributed by atoms with Crippen LogP contribution in [0.25, 0.3) is 60.9 Å². The van der Waals surface area contributed by atoms with Crippen LogP contribution in [-0.4, -0.2) is 22.6 Å². The summed E-state index contributed by atoms with van der Waals surface area (Å²) in [6, 6.07) is 68.1. The van der Waals surface area contributed by atoms with E-state index in [1.807, 2.05) is 36.9 Å². The van der Waals surface area contributed by atoms with Crippen LogP contribution in [0.4, 0.5) is 0 Å². The lowest BCUT2D eigenvalue weighted by molar-refractivity contribution is 0.495. The van der Waals surface area contributed by atoms with E-state index < -0.39 is 8.07 Å². The van der Waals surface area contributed by atoms with Gasteiger partial charge in [-0.05, 0) is 92.0 Å². The van der Waals surface area contributed by atoms with Crippen molar-refractivity contribution in [2.45, 2.75) is 0 Å². The largest absolute Gasteiger partial charge is 0.456 e. The summed E-state index contributed by atoms with van der Waals surface area (Å²) >= 11 is 0. The van der Waals surface area contributed by atoms with Crippen LogP contribution in [0, 0.1) is 0 Å². The van der Waals surface area contributed by atoms with E-state index in [-0.39, 0.29) is 0 Å². The number of pyridine rings is 2. The maximum atomic E-state index is 7.62. The third kappa shape index (κ3) is 5.20. The predicted octanol–water partition coefficient (Wildman–Crippen LogP) is 10.1. The molecular formula is C52H35N3OSi. The van der Waals surface area contributed by atoms with E-state index in [0.717, 1.165) is 72.4 Å². The Hall–Kier alpha value is -7.34. The molecule has 0 saturated heterocycles. The molecule has 0 unspecified atom stereocenters. The molecule has 0 saturated carbocycles. The number of hydrogen-bond acceptors (Lipinski definition) is 3. The lowest BCUT2D eigenvalue weighted by atomic mass is 9.94. The van der Waals surface area contributed by atoms with Gasteiger partial charge in [-0.25, -0.2) is 0 Å². The van der Waals surface area contributed by atoms with Crippen LogP contribution in [0.5, 0.6) is 11.5 Å². The molecule has 268 valence electrons. The molecule has 0 bridgehead atoms. The number of para-hydroxylation sites is 3. The molecule has 3 aromatic heterocycles. The van der Waals surface area contributed by atoms with Gasteiger partial charge < -0.3 is 9.30 Å². The van der Waals surface area contributed by atoms with Gasteiger partial charge in [0.2, 0.25) is 0 Å². The van der Waals surface area contributed by atoms with E-state index in [4.69, 9.17) is 4.74 Å². The SMILES string of the molecule is c1ccc(-n2c3ccccc3c3c4c(ccc32)[Si](c2ccccc2)(c2ccccc2)c2cccc(-c3cc(-c5cccnc5)cc(-c5cccnc5)c3)c2O4)cc1. The van der Waals surface area contributed by atoms with Gasteiger partial charge in [0.15, 0.2) is 8.07 Å². The average molecular weight is 746 g/mol. The minimum absolute atomic E-state index is 0.897. The first-order chi connectivity index (χ1) is 28.3. The van der Waals surface area contributed by atoms with E-state index in [0.29, 0.717) is 0 Å². The normalized spacial score (nSPS) is 12.8. The number of fused-ring (bicyclic) bond motifs is 6. The van der Waals surface area contributed by atoms with Gasteiger partial charge in [-0.1, -0.05) is 133 Å². The summed E-state index contributed by atoms with van der Waals surface area (Å²) in [5, 5.41) is 7.38. The molecule has 4 nitrogen and oxygen atoms in total. The summed E-state index contributed by atoms with van der Waals surface area (Å²) in [6.07, 6.45) is 7.50. The van der Waals surface area contributed by atoms with Crippen molar-refractivity contribution in [1.29, 1.82) is 0 Å². The quantitative estimate of drug-likeness (QED) is 0.159. The second-order valence-corrected chi connectivity index (χ2v) is 18.3. The third-order valence-electron chi connectivity index (χ3n) is 11.5. The summed E-state index contributed by atoms with van der Waals surface area (Å²) in [6.45, 7) is 0. The van der Waals surface area contributed by atoms with Gasteiger partial charge in [-0.15, -0.1) is 0 Å². The molecule has 0 fully saturated rings. The van der Waals surface area contributed by atoms with Gasteiger partial charge in [0.1, 0.15) is 11.5 Å². The van der Waals surface area contributed by atoms with Crippen LogP contribution in [0.1, 0.15) is 0 Å². The fourth-order valence-electron chi connectivity index (χ4n) is 9.05. The molecule has 10 aromatic rings. The maximum absolute atomic E-state index is 7.62. The fraction of sp³-hybridized carbons (Fsp3) is 0. The molecule has 57 heavy (non-hydrogen) atoms. The maximum Gasteiger partial charge on any atom is 0.188 e. The summed E-state index contributed by atoms with van der Waals surface area (Å²) < 4.78 is 10.00. The van der Waals surface area contributed by atoms with Gasteiger partial charge in [-0.2, -0.15) is 0 Å². The van der Waals surface area contributed by atoms with Crippen LogP contribution in [0.3, 0.4) is 0 Å². The Morgan fingerprint density at radius 3 is 1.63 bits per heavy atom. The molecule has 0 spiro atoms. The zero-order chi connectivity index (χ0) is 37.8. The lowest BCUT2D eigenvalue weighted by Gasteiger charge is -2.40. The van der Waals surface area contributed by atoms with E-state index in [2.05, 4.69) is 190 Å². The molecule has 1 aliphatic heterocycles. The average Bonchev–Trinajstić information content (AvgIpc) is 3.64. The molecule has 5 heteroatoms. The topological polar surface area (TPSA) is 39.9 Å². The highest BCUT2D eigenvalue weighted by Crippen LogP contribution is 2.45. The van der Waals surface area contributed by atoms with Gasteiger partial charge in [-0.3, -0.25) is 9.97 Å². The van der Waals surface area contributed by atoms with E-state index in [1.165, 1.54) is 20.7 Å². The fourth-order valence-corrected chi connectivity index (χ4v) is 14.0. The Morgan fingerprint density at radius 1 is 0.421 bits per heavy atom. The van der Waals surface area contributed by atoms with Crippen LogP contribution >= 0.6 is 0 Å². The van der Waals surface area contributed by atoms with Crippen LogP contribution in [-0.2, 0) is 0 Å². The van der Waals surface area contributed by atoms with Crippen molar-refractivity contribution in [3.05, 3.63) is 213 Å². The third-order valence-corrected chi connectivity index (χ3v) is 16.3. The number of aromatic nitrogens is 3. The van der Waals surface area contributed by atoms with Crippen molar-refractivity contribution >= 4 is 50.6 Å². The Labute approximate surface area is 332 Å². The summed E-state index contributed by atoms with van der Waals surface area (Å²) in [5.41, 5.74) is 9.74. The van der Waals surface area contributed by atoms with E-state index >= 15 is 0 Å². The monoisotopic (exact) mass is 745 g/mol. The first-order valence-electron chi connectivity index (χ1n) is 19.3. The van der Waals surface area contributed by atoms with E-state index in [1.54, 1.807) is 0 Å². The van der Waals surface area contributed by atoms with Gasteiger partial charge >= 0.3 is 0 Å². The Morgan fingerprint density at radius 2 is 1.00 bits per heavy atom. The van der Waals surface area contributed by atoms with Crippen LogP contribution in [0.2, 0.25) is 0 Å². The number of ether oxygens (including phenoxy) is 1. The zero-order valence-electron chi connectivity index (χ0n) is 31.0. The van der Waals surface area contributed by atoms with Crippen molar-refractivity contribution in [2.75, 3.05) is 0 Å². The summed E-state index contributed by atoms with van der Waals surface area (Å²) in [5.74, 6) is 1.82. The zero-order valence-corrected chi connectivity index (χ0v) is 32.0. The smallest absolute Gasteiger partial charge is 0.188 e. The molecule has 4 heterocycles. The van der Waals surface area contributed by atoms with Crippen LogP contribution < -0.4 is 25.5 Å². The molecule has 7 aromatic carbocycles. The molecule has 11 rings (SSSR count). The van der Waals surface area contributed by atoms with Crippen LogP contribution in [0.15, 0.2) is 213 Å². The van der Waals surface area contributed by atoms with Gasteiger partial charge in [0.05, 0.1) is 16.4 Å². The molecule has 1 aliphatic rings. The number of hydrogen-bond donors (Lipinski definition) is 0. The molecule has 0 radical (unpaired) electrons. The number of rotatable bonds is 6. The van der Waals surface area contributed by atoms with Crippen molar-refractivity contribution in [3.8, 4) is 50.6 Å². The molecule has 0 atom stereocenters. The predicted molar refractivity (Wildman–Crippen MR) is 236 cm³/mol. The van der Waals surface area contributed by atoms with E-state index in [9.17, 15) is 0 Å². The second kappa shape index (κ2) is 13.4. The number of benzene rings is 7. The summed E-state index contributed by atoms with van der Waals surface area (Å²) in [4.78, 5) is 8.98. The van der Waals surface area contributed by atoms with Crippen molar-refractivity contribution in [3.63, 3.8) is 0 Å². The standard InChI is InChI=1S/C52H35N3OSi/c1-4-17-41(18-5-1)55-46-25-11-10-23-45(46)50-47(55)27-28-49-52(50)56-51-44(24-12-26-48(51)57(49,42-19-6-2-7-20-42)43-21-8-3-9-22-43)40-32-38(36-15-13-29-53-34-36)31-39(33-40)37-16-14-30-54-35-37/h1-35H. The highest BCUT2D eigenvalue weighted by atomic mass is 28.3. The van der Waals surface area contributed by atoms with Gasteiger partial charge in [0.25, 0.3) is 0 Å². The lowest BCUT2D eigenvalue weighted by Crippen LogP contribution is -2.76. The Kier molecular flexibility index (Phi) is 7.79. The Balaban J connectivity index is 1.27. The minimum atomic E-state index is -3.02. The van der Waals surface area contributed by atoms with Crippen molar-refractivity contribution < 1.29 is 4.74 Å². The van der Waals surface area contributed by atoms with Gasteiger partial charge in [0, 0.05) is 52.6 Å². The highest BCUT2D eigenvalue weighted by Gasteiger charge is 2.49. The minimum Gasteiger partial charge on any atom is -0.456 e. The van der Waals surface area contributed by atoms with Crippen molar-refractivity contribution in [2.24, 2.45) is 0 Å². The molecule has 0 aliphatic carbocycles. The summed E-state index contributed by atoms with van der Waals surface area (Å²) in [7, 11) is -3.02. The van der Waals surface area contributed by atoms with Crippen molar-refractivity contribution in [1.82, 2.24) is 14.5 Å². The molecule has 0 amide bonds. The molecule has 0 N–H and O–H groups in total.